The Bertz CT molecular complexity index is 1140. The fourth-order valence-electron chi connectivity index (χ4n) is 2.49. The minimum Gasteiger partial charge on any atom is -0.436 e. The summed E-state index contributed by atoms with van der Waals surface area (Å²) < 4.78 is 19.1. The molecule has 0 N–H and O–H groups in total. The van der Waals surface area contributed by atoms with Crippen LogP contribution in [0, 0.1) is 5.82 Å². The van der Waals surface area contributed by atoms with E-state index in [4.69, 9.17) is 27.6 Å². The third-order valence-corrected chi connectivity index (χ3v) is 4.32. The molecule has 0 aliphatic heterocycles. The van der Waals surface area contributed by atoms with Gasteiger partial charge in [0.15, 0.2) is 5.58 Å². The molecule has 128 valence electrons. The molecule has 4 rings (SSSR count). The molecule has 26 heavy (non-hydrogen) atoms. The number of rotatable bonds is 3. The normalized spacial score (nSPS) is 11.5. The number of oxazole rings is 1. The van der Waals surface area contributed by atoms with Crippen LogP contribution in [0.3, 0.4) is 0 Å². The van der Waals surface area contributed by atoms with Crippen molar-refractivity contribution in [3.8, 4) is 11.5 Å². The van der Waals surface area contributed by atoms with Crippen LogP contribution in [-0.2, 0) is 0 Å². The molecule has 0 bridgehead atoms. The van der Waals surface area contributed by atoms with E-state index >= 15 is 0 Å². The highest BCUT2D eigenvalue weighted by Gasteiger charge is 2.09. The van der Waals surface area contributed by atoms with Gasteiger partial charge in [-0.1, -0.05) is 35.3 Å². The van der Waals surface area contributed by atoms with E-state index in [0.717, 1.165) is 5.56 Å². The zero-order chi connectivity index (χ0) is 18.1. The van der Waals surface area contributed by atoms with E-state index in [1.54, 1.807) is 48.7 Å². The topological polar surface area (TPSA) is 38.4 Å². The lowest BCUT2D eigenvalue weighted by Gasteiger charge is -1.98. The minimum absolute atomic E-state index is 0.338. The fraction of sp³-hybridized carbons (Fsp3) is 0. The second-order valence-electron chi connectivity index (χ2n) is 5.61. The lowest BCUT2D eigenvalue weighted by molar-refractivity contribution is 0.611. The molecule has 0 saturated heterocycles. The fourth-order valence-corrected chi connectivity index (χ4v) is 2.95. The molecule has 0 amide bonds. The molecule has 1 heterocycles. The summed E-state index contributed by atoms with van der Waals surface area (Å²) in [4.78, 5) is 8.84. The lowest BCUT2D eigenvalue weighted by atomic mass is 10.2. The molecule has 4 aromatic rings. The number of benzene rings is 3. The van der Waals surface area contributed by atoms with Crippen LogP contribution in [-0.4, -0.2) is 11.2 Å². The van der Waals surface area contributed by atoms with Crippen LogP contribution in [0.4, 0.5) is 10.1 Å². The summed E-state index contributed by atoms with van der Waals surface area (Å²) >= 11 is 12.0. The molecule has 3 aromatic carbocycles. The number of fused-ring (bicyclic) bond motifs is 1. The van der Waals surface area contributed by atoms with Gasteiger partial charge >= 0.3 is 0 Å². The predicted octanol–water partition coefficient (Wildman–Crippen LogP) is 6.69. The second kappa shape index (κ2) is 6.90. The number of hydrogen-bond donors (Lipinski definition) is 0. The molecule has 3 nitrogen and oxygen atoms in total. The van der Waals surface area contributed by atoms with Crippen LogP contribution in [0.5, 0.6) is 0 Å². The molecule has 0 aliphatic carbocycles. The molecule has 0 radical (unpaired) electrons. The van der Waals surface area contributed by atoms with Gasteiger partial charge in [-0.3, -0.25) is 4.99 Å². The second-order valence-corrected chi connectivity index (χ2v) is 6.45. The summed E-state index contributed by atoms with van der Waals surface area (Å²) in [6.07, 6.45) is 1.66. The van der Waals surface area contributed by atoms with E-state index < -0.39 is 0 Å². The Morgan fingerprint density at radius 3 is 2.69 bits per heavy atom. The average molecular weight is 385 g/mol. The van der Waals surface area contributed by atoms with E-state index in [9.17, 15) is 4.39 Å². The largest absolute Gasteiger partial charge is 0.436 e. The Balaban J connectivity index is 1.66. The standard InChI is InChI=1S/C20H11Cl2FN2O/c21-14-5-4-13(17(22)9-14)11-24-16-6-7-19-18(10-16)25-20(26-19)12-2-1-3-15(23)8-12/h1-11H. The van der Waals surface area contributed by atoms with Crippen LogP contribution in [0.15, 0.2) is 70.1 Å². The zero-order valence-corrected chi connectivity index (χ0v) is 14.8. The van der Waals surface area contributed by atoms with Gasteiger partial charge < -0.3 is 4.42 Å². The molecular weight excluding hydrogens is 374 g/mol. The van der Waals surface area contributed by atoms with Crippen molar-refractivity contribution < 1.29 is 8.81 Å². The molecule has 0 atom stereocenters. The van der Waals surface area contributed by atoms with E-state index in [-0.39, 0.29) is 5.82 Å². The molecule has 6 heteroatoms. The van der Waals surface area contributed by atoms with Gasteiger partial charge in [0.05, 0.1) is 10.7 Å². The van der Waals surface area contributed by atoms with Crippen LogP contribution < -0.4 is 0 Å². The maximum atomic E-state index is 13.4. The van der Waals surface area contributed by atoms with E-state index in [2.05, 4.69) is 9.98 Å². The van der Waals surface area contributed by atoms with Gasteiger partial charge in [-0.25, -0.2) is 9.37 Å². The quantitative estimate of drug-likeness (QED) is 0.369. The molecule has 0 fully saturated rings. The molecule has 0 unspecified atom stereocenters. The highest BCUT2D eigenvalue weighted by Crippen LogP contribution is 2.28. The van der Waals surface area contributed by atoms with E-state index in [1.807, 2.05) is 6.07 Å². The van der Waals surface area contributed by atoms with Gasteiger partial charge in [0.1, 0.15) is 11.3 Å². The first-order chi connectivity index (χ1) is 12.6. The maximum absolute atomic E-state index is 13.4. The van der Waals surface area contributed by atoms with Crippen LogP contribution in [0.2, 0.25) is 10.0 Å². The van der Waals surface area contributed by atoms with Crippen molar-refractivity contribution in [3.63, 3.8) is 0 Å². The van der Waals surface area contributed by atoms with Crippen molar-refractivity contribution in [1.82, 2.24) is 4.98 Å². The zero-order valence-electron chi connectivity index (χ0n) is 13.3. The number of hydrogen-bond acceptors (Lipinski definition) is 3. The summed E-state index contributed by atoms with van der Waals surface area (Å²) in [5.41, 5.74) is 3.28. The monoisotopic (exact) mass is 384 g/mol. The third-order valence-electron chi connectivity index (χ3n) is 3.76. The van der Waals surface area contributed by atoms with E-state index in [1.165, 1.54) is 12.1 Å². The molecule has 0 aliphatic rings. The number of nitrogens with zero attached hydrogens (tertiary/aromatic N) is 2. The molecule has 0 spiro atoms. The van der Waals surface area contributed by atoms with Crippen LogP contribution in [0.25, 0.3) is 22.6 Å². The smallest absolute Gasteiger partial charge is 0.227 e. The first-order valence-electron chi connectivity index (χ1n) is 7.74. The summed E-state index contributed by atoms with van der Waals surface area (Å²) in [5, 5.41) is 1.10. The summed E-state index contributed by atoms with van der Waals surface area (Å²) in [7, 11) is 0. The molecule has 0 saturated carbocycles. The minimum atomic E-state index is -0.338. The summed E-state index contributed by atoms with van der Waals surface area (Å²) in [5.74, 6) is 0.0243. The first kappa shape index (κ1) is 16.8. The van der Waals surface area contributed by atoms with Crippen molar-refractivity contribution in [2.24, 2.45) is 4.99 Å². The van der Waals surface area contributed by atoms with Gasteiger partial charge in [-0.15, -0.1) is 0 Å². The Kier molecular flexibility index (Phi) is 4.45. The molecular formula is C20H11Cl2FN2O. The van der Waals surface area contributed by atoms with Crippen LogP contribution in [0.1, 0.15) is 5.56 Å². The SMILES string of the molecule is Fc1cccc(-c2nc3cc(N=Cc4ccc(Cl)cc4Cl)ccc3o2)c1. The Labute approximate surface area is 158 Å². The number of aromatic nitrogens is 1. The third kappa shape index (κ3) is 3.47. The van der Waals surface area contributed by atoms with Gasteiger partial charge in [-0.05, 0) is 48.5 Å². The van der Waals surface area contributed by atoms with Gasteiger partial charge in [0.25, 0.3) is 0 Å². The summed E-state index contributed by atoms with van der Waals surface area (Å²) in [6, 6.07) is 16.7. The molecule has 1 aromatic heterocycles. The predicted molar refractivity (Wildman–Crippen MR) is 103 cm³/mol. The maximum Gasteiger partial charge on any atom is 0.227 e. The van der Waals surface area contributed by atoms with Crippen molar-refractivity contribution >= 4 is 46.2 Å². The van der Waals surface area contributed by atoms with Gasteiger partial charge in [-0.2, -0.15) is 0 Å². The number of aliphatic imine (C=N–C) groups is 1. The van der Waals surface area contributed by atoms with Gasteiger partial charge in [0.2, 0.25) is 5.89 Å². The van der Waals surface area contributed by atoms with Crippen molar-refractivity contribution in [2.45, 2.75) is 0 Å². The highest BCUT2D eigenvalue weighted by molar-refractivity contribution is 6.36. The lowest BCUT2D eigenvalue weighted by Crippen LogP contribution is -1.82. The van der Waals surface area contributed by atoms with Crippen molar-refractivity contribution in [3.05, 3.63) is 82.1 Å². The van der Waals surface area contributed by atoms with Crippen molar-refractivity contribution in [2.75, 3.05) is 0 Å². The van der Waals surface area contributed by atoms with Gasteiger partial charge in [0, 0.05) is 22.4 Å². The highest BCUT2D eigenvalue weighted by atomic mass is 35.5. The first-order valence-corrected chi connectivity index (χ1v) is 8.50. The Morgan fingerprint density at radius 1 is 1.00 bits per heavy atom. The summed E-state index contributed by atoms with van der Waals surface area (Å²) in [6.45, 7) is 0. The van der Waals surface area contributed by atoms with E-state index in [0.29, 0.717) is 38.3 Å². The van der Waals surface area contributed by atoms with Crippen LogP contribution >= 0.6 is 23.2 Å². The number of halogens is 3. The average Bonchev–Trinajstić information content (AvgIpc) is 3.04. The Hall–Kier alpha value is -2.69. The van der Waals surface area contributed by atoms with Crippen molar-refractivity contribution in [1.29, 1.82) is 0 Å². The Morgan fingerprint density at radius 2 is 1.88 bits per heavy atom.